The number of carbonyl (C=O) groups excluding carboxylic acids is 2. The Morgan fingerprint density at radius 3 is 2.24 bits per heavy atom. The maximum Gasteiger partial charge on any atom is 0.307 e. The van der Waals surface area contributed by atoms with Gasteiger partial charge in [0.2, 0.25) is 5.91 Å². The summed E-state index contributed by atoms with van der Waals surface area (Å²) in [6.07, 6.45) is 0.750. The number of halogens is 1. The highest BCUT2D eigenvalue weighted by Gasteiger charge is 2.37. The summed E-state index contributed by atoms with van der Waals surface area (Å²) in [6, 6.07) is 8.32. The lowest BCUT2D eigenvalue weighted by Crippen LogP contribution is -2.36. The van der Waals surface area contributed by atoms with Crippen LogP contribution in [0.25, 0.3) is 0 Å². The van der Waals surface area contributed by atoms with E-state index in [-0.39, 0.29) is 11.8 Å². The average Bonchev–Trinajstić information content (AvgIpc) is 3.13. The van der Waals surface area contributed by atoms with Crippen molar-refractivity contribution < 1.29 is 19.5 Å². The molecule has 1 aromatic heterocycles. The van der Waals surface area contributed by atoms with Gasteiger partial charge in [0.25, 0.3) is 5.91 Å². The van der Waals surface area contributed by atoms with E-state index in [2.05, 4.69) is 10.6 Å². The van der Waals surface area contributed by atoms with Crippen LogP contribution in [0.1, 0.15) is 37.0 Å². The maximum absolute atomic E-state index is 12.9. The van der Waals surface area contributed by atoms with Crippen LogP contribution in [0.2, 0.25) is 5.02 Å². The molecule has 3 rings (SSSR count). The molecule has 0 bridgehead atoms. The Labute approximate surface area is 177 Å². The van der Waals surface area contributed by atoms with E-state index in [1.165, 1.54) is 11.3 Å². The molecule has 1 aliphatic rings. The molecule has 1 heterocycles. The van der Waals surface area contributed by atoms with Crippen LogP contribution in [0.3, 0.4) is 0 Å². The second-order valence-electron chi connectivity index (χ2n) is 7.13. The van der Waals surface area contributed by atoms with Gasteiger partial charge < -0.3 is 15.7 Å². The summed E-state index contributed by atoms with van der Waals surface area (Å²) < 4.78 is 0. The number of amides is 2. The summed E-state index contributed by atoms with van der Waals surface area (Å²) in [5.41, 5.74) is 2.96. The normalized spacial score (nSPS) is 19.0. The minimum Gasteiger partial charge on any atom is -0.481 e. The van der Waals surface area contributed by atoms with Crippen LogP contribution in [0.4, 0.5) is 10.7 Å². The number of carboxylic acids is 1. The van der Waals surface area contributed by atoms with Crippen molar-refractivity contribution in [2.45, 2.75) is 26.7 Å². The Balaban J connectivity index is 1.75. The van der Waals surface area contributed by atoms with Gasteiger partial charge in [-0.05, 0) is 62.4 Å². The maximum atomic E-state index is 12.9. The van der Waals surface area contributed by atoms with Crippen LogP contribution in [0, 0.1) is 11.8 Å². The summed E-state index contributed by atoms with van der Waals surface area (Å²) >= 11 is 7.07. The Bertz CT molecular complexity index is 981. The van der Waals surface area contributed by atoms with Gasteiger partial charge in [-0.2, -0.15) is 0 Å². The number of anilines is 2. The lowest BCUT2D eigenvalue weighted by Gasteiger charge is -2.29. The summed E-state index contributed by atoms with van der Waals surface area (Å²) in [7, 11) is 0. The van der Waals surface area contributed by atoms with Crippen molar-refractivity contribution in [1.82, 2.24) is 0 Å². The number of rotatable bonds is 5. The van der Waals surface area contributed by atoms with Gasteiger partial charge in [-0.1, -0.05) is 22.7 Å². The third-order valence-corrected chi connectivity index (χ3v) is 6.25. The molecular formula is C21H21ClN2O4S. The highest BCUT2D eigenvalue weighted by atomic mass is 35.5. The Morgan fingerprint density at radius 1 is 1.00 bits per heavy atom. The molecule has 0 saturated heterocycles. The van der Waals surface area contributed by atoms with Crippen LogP contribution in [-0.4, -0.2) is 22.9 Å². The van der Waals surface area contributed by atoms with Crippen molar-refractivity contribution in [3.8, 4) is 0 Å². The molecular weight excluding hydrogens is 412 g/mol. The zero-order valence-corrected chi connectivity index (χ0v) is 17.6. The van der Waals surface area contributed by atoms with Crippen LogP contribution >= 0.6 is 22.9 Å². The lowest BCUT2D eigenvalue weighted by molar-refractivity contribution is -0.146. The van der Waals surface area contributed by atoms with E-state index in [9.17, 15) is 19.5 Å². The number of nitrogens with one attached hydrogen (secondary N) is 2. The fourth-order valence-electron chi connectivity index (χ4n) is 3.35. The first-order valence-electron chi connectivity index (χ1n) is 9.09. The number of carbonyl (C=O) groups is 3. The molecule has 0 aliphatic heterocycles. The molecule has 0 unspecified atom stereocenters. The standard InChI is InChI=1S/C21H21ClN2O4S/c1-11-9-16(17(21(27)28)10-12(11)2)19(26)24-20-15(7-8-29-20)18(25)23-14-5-3-13(22)4-6-14/h3-8,16-17H,9-10H2,1-2H3,(H,23,25)(H,24,26)(H,27,28)/t16-,17+/m0/s1. The van der Waals surface area contributed by atoms with Crippen LogP contribution < -0.4 is 10.6 Å². The predicted octanol–water partition coefficient (Wildman–Crippen LogP) is 5.04. The van der Waals surface area contributed by atoms with Gasteiger partial charge in [-0.3, -0.25) is 14.4 Å². The molecule has 8 heteroatoms. The molecule has 2 atom stereocenters. The molecule has 152 valence electrons. The molecule has 2 amide bonds. The largest absolute Gasteiger partial charge is 0.481 e. The van der Waals surface area contributed by atoms with Gasteiger partial charge in [0.1, 0.15) is 5.00 Å². The van der Waals surface area contributed by atoms with Gasteiger partial charge in [0.15, 0.2) is 0 Å². The quantitative estimate of drug-likeness (QED) is 0.577. The summed E-state index contributed by atoms with van der Waals surface area (Å²) in [4.78, 5) is 37.1. The number of aliphatic carboxylic acids is 1. The van der Waals surface area contributed by atoms with Gasteiger partial charge in [0.05, 0.1) is 17.4 Å². The number of allylic oxidation sites excluding steroid dienone is 2. The van der Waals surface area contributed by atoms with Crippen LogP contribution in [0.5, 0.6) is 0 Å². The van der Waals surface area contributed by atoms with E-state index in [1.807, 2.05) is 13.8 Å². The number of carboxylic acid groups (broad SMARTS) is 1. The number of hydrogen-bond donors (Lipinski definition) is 3. The SMILES string of the molecule is CC1=C(C)C[C@@H](C(=O)O)[C@@H](C(=O)Nc2sccc2C(=O)Nc2ccc(Cl)cc2)C1. The second kappa shape index (κ2) is 8.80. The molecule has 2 aromatic rings. The van der Waals surface area contributed by atoms with Crippen molar-refractivity contribution in [2.75, 3.05) is 10.6 Å². The number of benzene rings is 1. The number of thiophene rings is 1. The van der Waals surface area contributed by atoms with E-state index in [0.29, 0.717) is 34.1 Å². The van der Waals surface area contributed by atoms with E-state index in [0.717, 1.165) is 11.1 Å². The summed E-state index contributed by atoms with van der Waals surface area (Å²) in [5.74, 6) is -3.18. The van der Waals surface area contributed by atoms with Gasteiger partial charge in [0, 0.05) is 10.7 Å². The lowest BCUT2D eigenvalue weighted by atomic mass is 9.76. The third-order valence-electron chi connectivity index (χ3n) is 5.17. The predicted molar refractivity (Wildman–Crippen MR) is 115 cm³/mol. The molecule has 0 saturated carbocycles. The van der Waals surface area contributed by atoms with Crippen LogP contribution in [0.15, 0.2) is 46.9 Å². The average molecular weight is 433 g/mol. The van der Waals surface area contributed by atoms with Crippen molar-refractivity contribution >= 4 is 51.4 Å². The van der Waals surface area contributed by atoms with E-state index in [1.54, 1.807) is 35.7 Å². The highest BCUT2D eigenvalue weighted by molar-refractivity contribution is 7.14. The van der Waals surface area contributed by atoms with Gasteiger partial charge in [-0.15, -0.1) is 11.3 Å². The topological polar surface area (TPSA) is 95.5 Å². The van der Waals surface area contributed by atoms with Gasteiger partial charge >= 0.3 is 5.97 Å². The molecule has 1 aromatic carbocycles. The van der Waals surface area contributed by atoms with E-state index < -0.39 is 17.8 Å². The zero-order valence-electron chi connectivity index (χ0n) is 16.0. The third kappa shape index (κ3) is 4.86. The van der Waals surface area contributed by atoms with Crippen molar-refractivity contribution in [1.29, 1.82) is 0 Å². The fraction of sp³-hybridized carbons (Fsp3) is 0.286. The Kier molecular flexibility index (Phi) is 6.39. The zero-order chi connectivity index (χ0) is 21.1. The van der Waals surface area contributed by atoms with Crippen molar-refractivity contribution in [2.24, 2.45) is 11.8 Å². The van der Waals surface area contributed by atoms with E-state index in [4.69, 9.17) is 11.6 Å². The number of hydrogen-bond acceptors (Lipinski definition) is 4. The van der Waals surface area contributed by atoms with E-state index >= 15 is 0 Å². The van der Waals surface area contributed by atoms with Crippen molar-refractivity contribution in [3.63, 3.8) is 0 Å². The Morgan fingerprint density at radius 2 is 1.62 bits per heavy atom. The highest BCUT2D eigenvalue weighted by Crippen LogP contribution is 2.36. The monoisotopic (exact) mass is 432 g/mol. The first-order chi connectivity index (χ1) is 13.8. The van der Waals surface area contributed by atoms with Gasteiger partial charge in [-0.25, -0.2) is 0 Å². The summed E-state index contributed by atoms with van der Waals surface area (Å²) in [6.45, 7) is 3.82. The molecule has 6 nitrogen and oxygen atoms in total. The molecule has 0 radical (unpaired) electrons. The Hall–Kier alpha value is -2.64. The minimum atomic E-state index is -0.983. The molecule has 3 N–H and O–H groups in total. The van der Waals surface area contributed by atoms with Crippen molar-refractivity contribution in [3.05, 3.63) is 57.4 Å². The second-order valence-corrected chi connectivity index (χ2v) is 8.49. The molecule has 0 spiro atoms. The minimum absolute atomic E-state index is 0.324. The summed E-state index contributed by atoms with van der Waals surface area (Å²) in [5, 5.41) is 17.7. The smallest absolute Gasteiger partial charge is 0.307 e. The molecule has 0 fully saturated rings. The van der Waals surface area contributed by atoms with Crippen LogP contribution in [-0.2, 0) is 9.59 Å². The fourth-order valence-corrected chi connectivity index (χ4v) is 4.26. The first-order valence-corrected chi connectivity index (χ1v) is 10.4. The molecule has 29 heavy (non-hydrogen) atoms. The molecule has 1 aliphatic carbocycles. The first kappa shape index (κ1) is 21.1.